The van der Waals surface area contributed by atoms with E-state index in [9.17, 15) is 9.18 Å². The van der Waals surface area contributed by atoms with Crippen LogP contribution in [-0.2, 0) is 11.3 Å². The summed E-state index contributed by atoms with van der Waals surface area (Å²) in [7, 11) is 0. The third-order valence-electron chi connectivity index (χ3n) is 3.36. The molecule has 0 radical (unpaired) electrons. The topological polar surface area (TPSA) is 85.4 Å². The SMILES string of the molecule is Nc1cn(CCF)nc1C(=O)NCCCN1CCOCC1. The lowest BCUT2D eigenvalue weighted by Crippen LogP contribution is -2.38. The summed E-state index contributed by atoms with van der Waals surface area (Å²) in [5.41, 5.74) is 6.14. The van der Waals surface area contributed by atoms with E-state index in [1.165, 1.54) is 10.9 Å². The van der Waals surface area contributed by atoms with Gasteiger partial charge in [-0.2, -0.15) is 5.10 Å². The van der Waals surface area contributed by atoms with E-state index in [1.54, 1.807) is 0 Å². The first-order valence-electron chi connectivity index (χ1n) is 7.18. The van der Waals surface area contributed by atoms with Crippen LogP contribution < -0.4 is 11.1 Å². The van der Waals surface area contributed by atoms with Gasteiger partial charge in [-0.1, -0.05) is 0 Å². The van der Waals surface area contributed by atoms with Crippen LogP contribution in [0.3, 0.4) is 0 Å². The number of aryl methyl sites for hydroxylation is 1. The molecule has 3 N–H and O–H groups in total. The minimum Gasteiger partial charge on any atom is -0.396 e. The fraction of sp³-hybridized carbons (Fsp3) is 0.692. The summed E-state index contributed by atoms with van der Waals surface area (Å²) < 4.78 is 18.9. The average Bonchev–Trinajstić information content (AvgIpc) is 2.86. The molecule has 7 nitrogen and oxygen atoms in total. The van der Waals surface area contributed by atoms with Gasteiger partial charge in [0.15, 0.2) is 5.69 Å². The second-order valence-electron chi connectivity index (χ2n) is 4.95. The zero-order chi connectivity index (χ0) is 15.1. The molecule has 0 bridgehead atoms. The number of nitrogen functional groups attached to an aromatic ring is 1. The summed E-state index contributed by atoms with van der Waals surface area (Å²) in [5.74, 6) is -0.313. The van der Waals surface area contributed by atoms with Crippen molar-refractivity contribution in [3.8, 4) is 0 Å². The van der Waals surface area contributed by atoms with Crippen molar-refractivity contribution in [1.82, 2.24) is 20.0 Å². The molecule has 0 saturated carbocycles. The third-order valence-corrected chi connectivity index (χ3v) is 3.36. The molecule has 1 fully saturated rings. The minimum absolute atomic E-state index is 0.106. The van der Waals surface area contributed by atoms with Crippen molar-refractivity contribution < 1.29 is 13.9 Å². The quantitative estimate of drug-likeness (QED) is 0.686. The highest BCUT2D eigenvalue weighted by Gasteiger charge is 2.15. The minimum atomic E-state index is -0.540. The monoisotopic (exact) mass is 299 g/mol. The van der Waals surface area contributed by atoms with E-state index in [0.717, 1.165) is 39.3 Å². The number of hydrogen-bond donors (Lipinski definition) is 2. The number of amides is 1. The maximum Gasteiger partial charge on any atom is 0.273 e. The van der Waals surface area contributed by atoms with Crippen LogP contribution in [0.2, 0.25) is 0 Å². The number of halogens is 1. The number of carbonyl (C=O) groups excluding carboxylic acids is 1. The van der Waals surface area contributed by atoms with Gasteiger partial charge >= 0.3 is 0 Å². The van der Waals surface area contributed by atoms with Gasteiger partial charge in [-0.15, -0.1) is 0 Å². The third kappa shape index (κ3) is 4.68. The Morgan fingerprint density at radius 2 is 2.19 bits per heavy atom. The van der Waals surface area contributed by atoms with Crippen LogP contribution in [0.1, 0.15) is 16.9 Å². The summed E-state index contributed by atoms with van der Waals surface area (Å²) in [6.45, 7) is 4.48. The fourth-order valence-electron chi connectivity index (χ4n) is 2.23. The number of nitrogens with two attached hydrogens (primary N) is 1. The van der Waals surface area contributed by atoms with Gasteiger partial charge in [0.25, 0.3) is 5.91 Å². The Hall–Kier alpha value is -1.67. The number of nitrogens with one attached hydrogen (secondary N) is 1. The number of ether oxygens (including phenoxy) is 1. The van der Waals surface area contributed by atoms with Crippen molar-refractivity contribution in [3.63, 3.8) is 0 Å². The van der Waals surface area contributed by atoms with Crippen LogP contribution in [0.25, 0.3) is 0 Å². The lowest BCUT2D eigenvalue weighted by molar-refractivity contribution is 0.0374. The predicted molar refractivity (Wildman–Crippen MR) is 76.8 cm³/mol. The van der Waals surface area contributed by atoms with Crippen molar-refractivity contribution in [2.24, 2.45) is 0 Å². The molecule has 21 heavy (non-hydrogen) atoms. The van der Waals surface area contributed by atoms with Crippen LogP contribution in [0, 0.1) is 0 Å². The number of alkyl halides is 1. The van der Waals surface area contributed by atoms with Crippen LogP contribution in [-0.4, -0.2) is 66.7 Å². The molecule has 0 aromatic carbocycles. The molecule has 1 aromatic rings. The largest absolute Gasteiger partial charge is 0.396 e. The zero-order valence-corrected chi connectivity index (χ0v) is 12.1. The maximum absolute atomic E-state index is 12.2. The molecule has 2 heterocycles. The first-order valence-corrected chi connectivity index (χ1v) is 7.18. The fourth-order valence-corrected chi connectivity index (χ4v) is 2.23. The van der Waals surface area contributed by atoms with Gasteiger partial charge in [0.1, 0.15) is 6.67 Å². The number of rotatable bonds is 7. The highest BCUT2D eigenvalue weighted by molar-refractivity contribution is 5.96. The Labute approximate surface area is 123 Å². The predicted octanol–water partition coefficient (Wildman–Crippen LogP) is -0.113. The van der Waals surface area contributed by atoms with Gasteiger partial charge < -0.3 is 15.8 Å². The lowest BCUT2D eigenvalue weighted by Gasteiger charge is -2.26. The number of anilines is 1. The van der Waals surface area contributed by atoms with Gasteiger partial charge in [0.05, 0.1) is 25.4 Å². The number of hydrogen-bond acceptors (Lipinski definition) is 5. The highest BCUT2D eigenvalue weighted by Crippen LogP contribution is 2.08. The van der Waals surface area contributed by atoms with E-state index >= 15 is 0 Å². The Kier molecular flexibility index (Phi) is 5.94. The van der Waals surface area contributed by atoms with Crippen LogP contribution in [0.15, 0.2) is 6.20 Å². The van der Waals surface area contributed by atoms with Crippen molar-refractivity contribution in [2.75, 3.05) is 51.8 Å². The molecule has 8 heteroatoms. The molecular formula is C13H22FN5O2. The van der Waals surface area contributed by atoms with Crippen LogP contribution in [0.5, 0.6) is 0 Å². The molecule has 0 unspecified atom stereocenters. The molecule has 1 aliphatic heterocycles. The van der Waals surface area contributed by atoms with Gasteiger partial charge in [-0.3, -0.25) is 14.4 Å². The molecule has 0 spiro atoms. The normalized spacial score (nSPS) is 16.0. The van der Waals surface area contributed by atoms with Crippen molar-refractivity contribution in [3.05, 3.63) is 11.9 Å². The zero-order valence-electron chi connectivity index (χ0n) is 12.1. The molecule has 0 atom stereocenters. The van der Waals surface area contributed by atoms with Gasteiger partial charge in [-0.25, -0.2) is 4.39 Å². The molecule has 118 valence electrons. The summed E-state index contributed by atoms with van der Waals surface area (Å²) in [4.78, 5) is 14.2. The van der Waals surface area contributed by atoms with E-state index in [-0.39, 0.29) is 23.8 Å². The Balaban J connectivity index is 1.71. The van der Waals surface area contributed by atoms with Crippen LogP contribution >= 0.6 is 0 Å². The second-order valence-corrected chi connectivity index (χ2v) is 4.95. The van der Waals surface area contributed by atoms with Crippen LogP contribution in [0.4, 0.5) is 10.1 Å². The molecule has 2 rings (SSSR count). The van der Waals surface area contributed by atoms with Crippen molar-refractivity contribution in [2.45, 2.75) is 13.0 Å². The van der Waals surface area contributed by atoms with E-state index in [0.29, 0.717) is 6.54 Å². The molecule has 1 aliphatic rings. The maximum atomic E-state index is 12.2. The molecule has 1 amide bonds. The van der Waals surface area contributed by atoms with Crippen molar-refractivity contribution >= 4 is 11.6 Å². The molecule has 0 aliphatic carbocycles. The number of carbonyl (C=O) groups is 1. The first kappa shape index (κ1) is 15.7. The van der Waals surface area contributed by atoms with E-state index < -0.39 is 6.67 Å². The number of morpholine rings is 1. The highest BCUT2D eigenvalue weighted by atomic mass is 19.1. The molecule has 1 aromatic heterocycles. The Morgan fingerprint density at radius 3 is 2.90 bits per heavy atom. The smallest absolute Gasteiger partial charge is 0.273 e. The number of aromatic nitrogens is 2. The molecule has 1 saturated heterocycles. The van der Waals surface area contributed by atoms with Gasteiger partial charge in [0, 0.05) is 25.8 Å². The Bertz CT molecular complexity index is 459. The first-order chi connectivity index (χ1) is 10.2. The standard InChI is InChI=1S/C13H22FN5O2/c14-2-5-19-10-11(15)12(17-19)13(20)16-3-1-4-18-6-8-21-9-7-18/h10H,1-9,15H2,(H,16,20). The summed E-state index contributed by atoms with van der Waals surface area (Å²) in [5, 5.41) is 6.77. The van der Waals surface area contributed by atoms with E-state index in [1.807, 2.05) is 0 Å². The summed E-state index contributed by atoms with van der Waals surface area (Å²) in [6, 6.07) is 0. The Morgan fingerprint density at radius 1 is 1.43 bits per heavy atom. The van der Waals surface area contributed by atoms with E-state index in [4.69, 9.17) is 10.5 Å². The number of nitrogens with zero attached hydrogens (tertiary/aromatic N) is 3. The second kappa shape index (κ2) is 7.94. The van der Waals surface area contributed by atoms with Crippen molar-refractivity contribution in [1.29, 1.82) is 0 Å². The van der Waals surface area contributed by atoms with Gasteiger partial charge in [-0.05, 0) is 13.0 Å². The lowest BCUT2D eigenvalue weighted by atomic mass is 10.3. The average molecular weight is 299 g/mol. The van der Waals surface area contributed by atoms with E-state index in [2.05, 4.69) is 15.3 Å². The summed E-state index contributed by atoms with van der Waals surface area (Å²) >= 11 is 0. The summed E-state index contributed by atoms with van der Waals surface area (Å²) in [6.07, 6.45) is 2.33. The van der Waals surface area contributed by atoms with Gasteiger partial charge in [0.2, 0.25) is 0 Å². The molecular weight excluding hydrogens is 277 g/mol.